The third-order valence-electron chi connectivity index (χ3n) is 2.25. The summed E-state index contributed by atoms with van der Waals surface area (Å²) in [7, 11) is 0. The fourth-order valence-corrected chi connectivity index (χ4v) is 3.70. The third-order valence-corrected chi connectivity index (χ3v) is 4.50. The normalized spacial score (nSPS) is 11.1. The molecule has 3 heteroatoms. The lowest BCUT2D eigenvalue weighted by Gasteiger charge is -1.92. The molecule has 0 saturated heterocycles. The van der Waals surface area contributed by atoms with Crippen LogP contribution in [0.4, 0.5) is 0 Å². The van der Waals surface area contributed by atoms with Crippen LogP contribution in [0.1, 0.15) is 25.3 Å². The molecule has 0 amide bonds. The summed E-state index contributed by atoms with van der Waals surface area (Å²) in [6.45, 7) is 4.35. The van der Waals surface area contributed by atoms with Crippen LogP contribution in [-0.2, 0) is 0 Å². The molecule has 2 rings (SSSR count). The minimum atomic E-state index is 1.14. The molecule has 1 aromatic carbocycles. The van der Waals surface area contributed by atoms with E-state index < -0.39 is 0 Å². The average molecular weight is 237 g/mol. The average Bonchev–Trinajstić information content (AvgIpc) is 2.60. The molecule has 15 heavy (non-hydrogen) atoms. The van der Waals surface area contributed by atoms with E-state index in [4.69, 9.17) is 0 Å². The van der Waals surface area contributed by atoms with E-state index >= 15 is 0 Å². The molecule has 2 aromatic rings. The number of rotatable bonds is 4. The largest absolute Gasteiger partial charge is 0.230 e. The number of unbranched alkanes of at least 4 members (excludes halogenated alkanes) is 1. The molecule has 0 saturated carbocycles. The Morgan fingerprint density at radius 1 is 1.40 bits per heavy atom. The fourth-order valence-electron chi connectivity index (χ4n) is 1.38. The zero-order chi connectivity index (χ0) is 10.7. The van der Waals surface area contributed by atoms with Gasteiger partial charge in [-0.2, -0.15) is 0 Å². The minimum absolute atomic E-state index is 1.14. The number of nitrogens with zero attached hydrogens (tertiary/aromatic N) is 1. The van der Waals surface area contributed by atoms with Gasteiger partial charge < -0.3 is 0 Å². The zero-order valence-electron chi connectivity index (χ0n) is 9.12. The molecule has 0 radical (unpaired) electrons. The van der Waals surface area contributed by atoms with E-state index in [-0.39, 0.29) is 0 Å². The van der Waals surface area contributed by atoms with E-state index in [0.717, 1.165) is 5.52 Å². The highest BCUT2D eigenvalue weighted by molar-refractivity contribution is 8.01. The van der Waals surface area contributed by atoms with Crippen molar-refractivity contribution in [1.82, 2.24) is 4.98 Å². The summed E-state index contributed by atoms with van der Waals surface area (Å²) in [5.41, 5.74) is 2.46. The van der Waals surface area contributed by atoms with Gasteiger partial charge in [0.15, 0.2) is 4.34 Å². The highest BCUT2D eigenvalue weighted by Crippen LogP contribution is 2.30. The fraction of sp³-hybridized carbons (Fsp3) is 0.417. The van der Waals surface area contributed by atoms with Crippen LogP contribution in [0.3, 0.4) is 0 Å². The number of benzene rings is 1. The number of thioether (sulfide) groups is 1. The van der Waals surface area contributed by atoms with Gasteiger partial charge >= 0.3 is 0 Å². The highest BCUT2D eigenvalue weighted by atomic mass is 32.2. The van der Waals surface area contributed by atoms with Crippen molar-refractivity contribution in [2.45, 2.75) is 31.0 Å². The van der Waals surface area contributed by atoms with Crippen molar-refractivity contribution >= 4 is 33.3 Å². The summed E-state index contributed by atoms with van der Waals surface area (Å²) in [4.78, 5) is 4.61. The Morgan fingerprint density at radius 2 is 2.27 bits per heavy atom. The van der Waals surface area contributed by atoms with Crippen molar-refractivity contribution in [2.24, 2.45) is 0 Å². The summed E-state index contributed by atoms with van der Waals surface area (Å²) in [6, 6.07) is 6.46. The quantitative estimate of drug-likeness (QED) is 0.573. The Bertz CT molecular complexity index is 448. The van der Waals surface area contributed by atoms with Crippen molar-refractivity contribution < 1.29 is 0 Å². The predicted molar refractivity (Wildman–Crippen MR) is 70.0 cm³/mol. The van der Waals surface area contributed by atoms with E-state index in [9.17, 15) is 0 Å². The molecule has 1 nitrogen and oxygen atoms in total. The molecule has 0 spiro atoms. The molecular weight excluding hydrogens is 222 g/mol. The second-order valence-electron chi connectivity index (χ2n) is 3.65. The van der Waals surface area contributed by atoms with Crippen LogP contribution in [0.5, 0.6) is 0 Å². The van der Waals surface area contributed by atoms with Crippen molar-refractivity contribution in [3.05, 3.63) is 23.8 Å². The van der Waals surface area contributed by atoms with E-state index in [2.05, 4.69) is 37.0 Å². The molecule has 0 atom stereocenters. The molecule has 0 aliphatic heterocycles. The first kappa shape index (κ1) is 11.0. The van der Waals surface area contributed by atoms with Crippen molar-refractivity contribution in [3.63, 3.8) is 0 Å². The van der Waals surface area contributed by atoms with Crippen LogP contribution in [-0.4, -0.2) is 10.7 Å². The number of hydrogen-bond acceptors (Lipinski definition) is 3. The third kappa shape index (κ3) is 2.73. The summed E-state index contributed by atoms with van der Waals surface area (Å²) in [5.74, 6) is 1.19. The molecule has 1 aromatic heterocycles. The van der Waals surface area contributed by atoms with Crippen LogP contribution in [0.2, 0.25) is 0 Å². The molecular formula is C12H15NS2. The SMILES string of the molecule is CCCCSc1nc2ccc(C)cc2s1. The maximum atomic E-state index is 4.61. The smallest absolute Gasteiger partial charge is 0.151 e. The van der Waals surface area contributed by atoms with E-state index in [0.29, 0.717) is 0 Å². The lowest BCUT2D eigenvalue weighted by atomic mass is 10.2. The summed E-state index contributed by atoms with van der Waals surface area (Å²) in [6.07, 6.45) is 2.54. The van der Waals surface area contributed by atoms with Gasteiger partial charge in [0.1, 0.15) is 0 Å². The second-order valence-corrected chi connectivity index (χ2v) is 6.03. The van der Waals surface area contributed by atoms with Gasteiger partial charge in [-0.3, -0.25) is 0 Å². The topological polar surface area (TPSA) is 12.9 Å². The first-order valence-corrected chi connectivity index (χ1v) is 7.10. The van der Waals surface area contributed by atoms with Crippen LogP contribution < -0.4 is 0 Å². The monoisotopic (exact) mass is 237 g/mol. The zero-order valence-corrected chi connectivity index (χ0v) is 10.8. The summed E-state index contributed by atoms with van der Waals surface area (Å²) < 4.78 is 2.53. The summed E-state index contributed by atoms with van der Waals surface area (Å²) >= 11 is 3.70. The molecule has 0 unspecified atom stereocenters. The van der Waals surface area contributed by atoms with Crippen LogP contribution in [0.15, 0.2) is 22.5 Å². The van der Waals surface area contributed by atoms with Crippen LogP contribution >= 0.6 is 23.1 Å². The van der Waals surface area contributed by atoms with Gasteiger partial charge in [-0.15, -0.1) is 11.3 Å². The Kier molecular flexibility index (Phi) is 3.65. The van der Waals surface area contributed by atoms with E-state index in [1.165, 1.54) is 33.2 Å². The number of aryl methyl sites for hydroxylation is 1. The number of thiazole rings is 1. The van der Waals surface area contributed by atoms with Crippen molar-refractivity contribution in [2.75, 3.05) is 5.75 Å². The number of fused-ring (bicyclic) bond motifs is 1. The maximum absolute atomic E-state index is 4.61. The molecule has 0 aliphatic carbocycles. The van der Waals surface area contributed by atoms with Crippen molar-refractivity contribution in [1.29, 1.82) is 0 Å². The predicted octanol–water partition coefficient (Wildman–Crippen LogP) is 4.50. The molecule has 80 valence electrons. The van der Waals surface area contributed by atoms with Crippen molar-refractivity contribution in [3.8, 4) is 0 Å². The Hall–Kier alpha value is -0.540. The highest BCUT2D eigenvalue weighted by Gasteiger charge is 2.03. The van der Waals surface area contributed by atoms with Gasteiger partial charge in [-0.1, -0.05) is 31.2 Å². The Morgan fingerprint density at radius 3 is 3.07 bits per heavy atom. The molecule has 1 heterocycles. The molecule has 0 N–H and O–H groups in total. The van der Waals surface area contributed by atoms with Gasteiger partial charge in [0, 0.05) is 5.75 Å². The standard InChI is InChI=1S/C12H15NS2/c1-3-4-7-14-12-13-10-6-5-9(2)8-11(10)15-12/h5-6,8H,3-4,7H2,1-2H3. The van der Waals surface area contributed by atoms with E-state index in [1.807, 2.05) is 23.1 Å². The second kappa shape index (κ2) is 4.99. The van der Waals surface area contributed by atoms with Gasteiger partial charge in [-0.25, -0.2) is 4.98 Å². The molecule has 0 aliphatic rings. The lowest BCUT2D eigenvalue weighted by molar-refractivity contribution is 0.896. The van der Waals surface area contributed by atoms with Crippen LogP contribution in [0, 0.1) is 6.92 Å². The van der Waals surface area contributed by atoms with E-state index in [1.54, 1.807) is 0 Å². The number of hydrogen-bond donors (Lipinski definition) is 0. The Balaban J connectivity index is 2.16. The first-order valence-electron chi connectivity index (χ1n) is 5.29. The summed E-state index contributed by atoms with van der Waals surface area (Å²) in [5, 5.41) is 0. The van der Waals surface area contributed by atoms with Gasteiger partial charge in [0.2, 0.25) is 0 Å². The minimum Gasteiger partial charge on any atom is -0.230 e. The Labute approximate surface area is 98.9 Å². The first-order chi connectivity index (χ1) is 7.29. The lowest BCUT2D eigenvalue weighted by Crippen LogP contribution is -1.76. The molecule has 0 bridgehead atoms. The number of aromatic nitrogens is 1. The van der Waals surface area contributed by atoms with Gasteiger partial charge in [0.05, 0.1) is 10.2 Å². The van der Waals surface area contributed by atoms with Gasteiger partial charge in [-0.05, 0) is 31.0 Å². The van der Waals surface area contributed by atoms with Crippen LogP contribution in [0.25, 0.3) is 10.2 Å². The van der Waals surface area contributed by atoms with Gasteiger partial charge in [0.25, 0.3) is 0 Å². The maximum Gasteiger partial charge on any atom is 0.151 e. The molecule has 0 fully saturated rings.